The molecule has 0 radical (unpaired) electrons. The van der Waals surface area contributed by atoms with Crippen LogP contribution in [0.15, 0.2) is 76.6 Å². The van der Waals surface area contributed by atoms with Gasteiger partial charge in [-0.2, -0.15) is 0 Å². The van der Waals surface area contributed by atoms with Crippen LogP contribution in [-0.4, -0.2) is 23.1 Å². The molecule has 1 N–H and O–H groups in total. The molecule has 3 rings (SSSR count). The number of phenols is 1. The third kappa shape index (κ3) is 4.73. The highest BCUT2D eigenvalue weighted by Crippen LogP contribution is 2.25. The molecule has 0 aliphatic heterocycles. The van der Waals surface area contributed by atoms with Crippen LogP contribution in [0, 0.1) is 0 Å². The van der Waals surface area contributed by atoms with E-state index in [-0.39, 0.29) is 17.9 Å². The molecule has 0 atom stereocenters. The molecule has 0 saturated carbocycles. The first-order valence-corrected chi connectivity index (χ1v) is 8.97. The Balaban J connectivity index is 2.03. The van der Waals surface area contributed by atoms with Crippen molar-refractivity contribution in [3.8, 4) is 5.75 Å². The van der Waals surface area contributed by atoms with Gasteiger partial charge >= 0.3 is 11.6 Å². The second-order valence-corrected chi connectivity index (χ2v) is 6.40. The van der Waals surface area contributed by atoms with Crippen molar-refractivity contribution < 1.29 is 19.1 Å². The monoisotopic (exact) mass is 391 g/mol. The maximum atomic E-state index is 12.7. The summed E-state index contributed by atoms with van der Waals surface area (Å²) < 4.78 is 10.1. The minimum Gasteiger partial charge on any atom is -0.508 e. The fraction of sp³-hybridized carbons (Fsp3) is 0.130. The number of ether oxygens (including phenoxy) is 1. The fourth-order valence-corrected chi connectivity index (χ4v) is 3.05. The lowest BCUT2D eigenvalue weighted by molar-refractivity contribution is -0.134. The van der Waals surface area contributed by atoms with Crippen molar-refractivity contribution in [3.63, 3.8) is 0 Å². The van der Waals surface area contributed by atoms with Crippen LogP contribution in [-0.2, 0) is 22.6 Å². The Morgan fingerprint density at radius 3 is 2.66 bits per heavy atom. The molecule has 1 heterocycles. The second kappa shape index (κ2) is 8.93. The highest BCUT2D eigenvalue weighted by molar-refractivity contribution is 5.88. The summed E-state index contributed by atoms with van der Waals surface area (Å²) in [7, 11) is 1.30. The number of carbonyl (C=O) groups excluding carboxylic acids is 1. The van der Waals surface area contributed by atoms with Crippen LogP contribution in [0.3, 0.4) is 0 Å². The van der Waals surface area contributed by atoms with Crippen LogP contribution >= 0.6 is 0 Å². The van der Waals surface area contributed by atoms with Crippen molar-refractivity contribution in [2.75, 3.05) is 7.11 Å². The Morgan fingerprint density at radius 1 is 1.21 bits per heavy atom. The summed E-state index contributed by atoms with van der Waals surface area (Å²) in [6.45, 7) is 4.50. The molecule has 1 aromatic heterocycles. The quantitative estimate of drug-likeness (QED) is 0.375. The van der Waals surface area contributed by atoms with Gasteiger partial charge in [0.2, 0.25) is 0 Å². The average Bonchev–Trinajstić information content (AvgIpc) is 2.72. The van der Waals surface area contributed by atoms with E-state index in [1.165, 1.54) is 25.3 Å². The first kappa shape index (κ1) is 19.9. The molecular weight excluding hydrogens is 370 g/mol. The van der Waals surface area contributed by atoms with Crippen molar-refractivity contribution in [1.82, 2.24) is 4.90 Å². The van der Waals surface area contributed by atoms with Gasteiger partial charge in [-0.3, -0.25) is 0 Å². The highest BCUT2D eigenvalue weighted by atomic mass is 16.5. The van der Waals surface area contributed by atoms with Crippen LogP contribution in [0.5, 0.6) is 5.75 Å². The van der Waals surface area contributed by atoms with E-state index < -0.39 is 11.6 Å². The zero-order valence-corrected chi connectivity index (χ0v) is 16.0. The predicted octanol–water partition coefficient (Wildman–Crippen LogP) is 3.83. The number of esters is 1. The molecule has 2 aromatic carbocycles. The van der Waals surface area contributed by atoms with Gasteiger partial charge in [-0.05, 0) is 23.3 Å². The molecule has 0 spiro atoms. The lowest BCUT2D eigenvalue weighted by Crippen LogP contribution is -2.22. The molecule has 0 aliphatic carbocycles. The van der Waals surface area contributed by atoms with Crippen molar-refractivity contribution in [1.29, 1.82) is 0 Å². The fourth-order valence-electron chi connectivity index (χ4n) is 3.05. The van der Waals surface area contributed by atoms with Gasteiger partial charge in [-0.1, -0.05) is 43.0 Å². The van der Waals surface area contributed by atoms with Crippen LogP contribution in [0.2, 0.25) is 0 Å². The number of hydrogen-bond donors (Lipinski definition) is 1. The maximum Gasteiger partial charge on any atom is 0.341 e. The van der Waals surface area contributed by atoms with E-state index in [9.17, 15) is 14.7 Å². The zero-order valence-electron chi connectivity index (χ0n) is 16.0. The maximum absolute atomic E-state index is 12.7. The van der Waals surface area contributed by atoms with Gasteiger partial charge in [-0.25, -0.2) is 9.59 Å². The molecule has 0 aliphatic rings. The molecule has 3 aromatic rings. The Labute approximate surface area is 168 Å². The first-order valence-electron chi connectivity index (χ1n) is 8.97. The minimum atomic E-state index is -0.525. The number of benzene rings is 2. The average molecular weight is 391 g/mol. The Hall–Kier alpha value is -3.80. The SMILES string of the molecule is C=Cc1c(CN(/C=C/C(=O)OC)Cc2ccccc2)c(=O)oc2cc(O)ccc12. The topological polar surface area (TPSA) is 80.0 Å². The summed E-state index contributed by atoms with van der Waals surface area (Å²) in [5, 5.41) is 10.3. The number of methoxy groups -OCH3 is 1. The molecule has 0 saturated heterocycles. The third-order valence-corrected chi connectivity index (χ3v) is 4.45. The predicted molar refractivity (Wildman–Crippen MR) is 111 cm³/mol. The summed E-state index contributed by atoms with van der Waals surface area (Å²) in [4.78, 5) is 26.0. The first-order chi connectivity index (χ1) is 14.0. The van der Waals surface area contributed by atoms with Crippen molar-refractivity contribution in [3.05, 3.63) is 94.5 Å². The molecule has 0 unspecified atom stereocenters. The summed E-state index contributed by atoms with van der Waals surface area (Å²) >= 11 is 0. The van der Waals surface area contributed by atoms with E-state index in [1.54, 1.807) is 18.3 Å². The van der Waals surface area contributed by atoms with E-state index >= 15 is 0 Å². The second-order valence-electron chi connectivity index (χ2n) is 6.40. The standard InChI is InChI=1S/C23H21NO5/c1-3-18-19-10-9-17(25)13-21(19)29-23(27)20(18)15-24(12-11-22(26)28-2)14-16-7-5-4-6-8-16/h3-13,25H,1,14-15H2,2H3/b12-11+. The summed E-state index contributed by atoms with van der Waals surface area (Å²) in [6.07, 6.45) is 4.49. The minimum absolute atomic E-state index is 0.00938. The van der Waals surface area contributed by atoms with Gasteiger partial charge in [0.05, 0.1) is 19.2 Å². The van der Waals surface area contributed by atoms with Gasteiger partial charge in [0.15, 0.2) is 0 Å². The molecule has 0 fully saturated rings. The van der Waals surface area contributed by atoms with Crippen LogP contribution < -0.4 is 5.63 Å². The van der Waals surface area contributed by atoms with E-state index in [4.69, 9.17) is 4.42 Å². The number of carbonyl (C=O) groups is 1. The molecule has 148 valence electrons. The lowest BCUT2D eigenvalue weighted by atomic mass is 10.0. The van der Waals surface area contributed by atoms with Crippen molar-refractivity contribution >= 4 is 23.0 Å². The number of nitrogens with zero attached hydrogens (tertiary/aromatic N) is 1. The van der Waals surface area contributed by atoms with Gasteiger partial charge < -0.3 is 19.2 Å². The van der Waals surface area contributed by atoms with E-state index in [2.05, 4.69) is 11.3 Å². The van der Waals surface area contributed by atoms with Gasteiger partial charge in [0.1, 0.15) is 11.3 Å². The van der Waals surface area contributed by atoms with Crippen molar-refractivity contribution in [2.24, 2.45) is 0 Å². The number of hydrogen-bond acceptors (Lipinski definition) is 6. The molecule has 6 nitrogen and oxygen atoms in total. The number of phenolic OH excluding ortho intramolecular Hbond substituents is 1. The summed E-state index contributed by atoms with van der Waals surface area (Å²) in [5.41, 5.74) is 1.80. The smallest absolute Gasteiger partial charge is 0.341 e. The normalized spacial score (nSPS) is 10.9. The van der Waals surface area contributed by atoms with E-state index in [1.807, 2.05) is 35.2 Å². The summed E-state index contributed by atoms with van der Waals surface area (Å²) in [6, 6.07) is 14.3. The number of rotatable bonds is 7. The Kier molecular flexibility index (Phi) is 6.14. The zero-order chi connectivity index (χ0) is 20.8. The van der Waals surface area contributed by atoms with Crippen molar-refractivity contribution in [2.45, 2.75) is 13.1 Å². The van der Waals surface area contributed by atoms with Crippen LogP contribution in [0.1, 0.15) is 16.7 Å². The number of aromatic hydroxyl groups is 1. The molecule has 6 heteroatoms. The number of fused-ring (bicyclic) bond motifs is 1. The Bertz CT molecular complexity index is 1120. The van der Waals surface area contributed by atoms with E-state index in [0.717, 1.165) is 5.56 Å². The van der Waals surface area contributed by atoms with Gasteiger partial charge in [0.25, 0.3) is 0 Å². The third-order valence-electron chi connectivity index (χ3n) is 4.45. The lowest BCUT2D eigenvalue weighted by Gasteiger charge is -2.21. The molecule has 29 heavy (non-hydrogen) atoms. The largest absolute Gasteiger partial charge is 0.508 e. The Morgan fingerprint density at radius 2 is 1.97 bits per heavy atom. The molecular formula is C23H21NO5. The van der Waals surface area contributed by atoms with Gasteiger partial charge in [-0.15, -0.1) is 0 Å². The van der Waals surface area contributed by atoms with Gasteiger partial charge in [0, 0.05) is 30.3 Å². The highest BCUT2D eigenvalue weighted by Gasteiger charge is 2.16. The van der Waals surface area contributed by atoms with E-state index in [0.29, 0.717) is 23.1 Å². The van der Waals surface area contributed by atoms with Crippen LogP contribution in [0.25, 0.3) is 17.0 Å². The molecule has 0 bridgehead atoms. The van der Waals surface area contributed by atoms with Crippen LogP contribution in [0.4, 0.5) is 0 Å². The molecule has 0 amide bonds. The summed E-state index contributed by atoms with van der Waals surface area (Å²) in [5.74, 6) is -0.483.